The lowest BCUT2D eigenvalue weighted by molar-refractivity contribution is 0.0943. The highest BCUT2D eigenvalue weighted by Crippen LogP contribution is 2.44. The topological polar surface area (TPSA) is 40.6 Å². The molecular weight excluding hydrogens is 459 g/mol. The molecule has 2 aromatic carbocycles. The molecule has 2 aliphatic heterocycles. The van der Waals surface area contributed by atoms with Gasteiger partial charge in [0.15, 0.2) is 11.6 Å². The van der Waals surface area contributed by atoms with E-state index in [2.05, 4.69) is 0 Å². The molecule has 0 aliphatic carbocycles. The van der Waals surface area contributed by atoms with Gasteiger partial charge in [-0.15, -0.1) is 0 Å². The molecule has 8 heteroatoms. The predicted molar refractivity (Wildman–Crippen MR) is 126 cm³/mol. The Kier molecular flexibility index (Phi) is 6.82. The van der Waals surface area contributed by atoms with Crippen molar-refractivity contribution in [1.29, 1.82) is 0 Å². The van der Waals surface area contributed by atoms with Crippen molar-refractivity contribution >= 4 is 56.4 Å². The first-order valence-electron chi connectivity index (χ1n) is 9.76. The summed E-state index contributed by atoms with van der Waals surface area (Å²) in [5.74, 6) is 0.173. The second kappa shape index (κ2) is 9.23. The normalized spacial score (nSPS) is 18.0. The van der Waals surface area contributed by atoms with Crippen molar-refractivity contribution in [3.05, 3.63) is 56.6 Å². The van der Waals surface area contributed by atoms with Crippen LogP contribution in [0.2, 0.25) is 10.0 Å². The van der Waals surface area contributed by atoms with Crippen molar-refractivity contribution in [2.45, 2.75) is 22.6 Å². The molecule has 0 radical (unpaired) electrons. The summed E-state index contributed by atoms with van der Waals surface area (Å²) in [6.07, 6.45) is 1.49. The van der Waals surface area contributed by atoms with Gasteiger partial charge in [0.05, 0.1) is 13.1 Å². The molecule has 2 aromatic rings. The summed E-state index contributed by atoms with van der Waals surface area (Å²) in [4.78, 5) is 31.6. The number of ketones is 2. The zero-order chi connectivity index (χ0) is 21.4. The predicted octanol–water partition coefficient (Wildman–Crippen LogP) is 5.13. The molecule has 0 saturated carbocycles. The zero-order valence-corrected chi connectivity index (χ0v) is 20.0. The maximum Gasteiger partial charge on any atom is 0.178 e. The molecule has 0 unspecified atom stereocenters. The van der Waals surface area contributed by atoms with Gasteiger partial charge in [-0.3, -0.25) is 19.4 Å². The number of hydrogen-bond acceptors (Lipinski definition) is 6. The third-order valence-electron chi connectivity index (χ3n) is 5.53. The Morgan fingerprint density at radius 2 is 1.13 bits per heavy atom. The first-order valence-corrected chi connectivity index (χ1v) is 12.7. The van der Waals surface area contributed by atoms with Crippen LogP contribution >= 0.6 is 44.8 Å². The fourth-order valence-electron chi connectivity index (χ4n) is 3.94. The molecule has 0 amide bonds. The van der Waals surface area contributed by atoms with Crippen molar-refractivity contribution in [1.82, 2.24) is 9.80 Å². The molecule has 0 spiro atoms. The van der Waals surface area contributed by atoms with Crippen molar-refractivity contribution in [3.63, 3.8) is 0 Å². The smallest absolute Gasteiger partial charge is 0.178 e. The summed E-state index contributed by atoms with van der Waals surface area (Å²) in [6.45, 7) is 2.36. The molecular formula is C22H22Cl2N2O2S2. The van der Waals surface area contributed by atoms with E-state index in [1.807, 2.05) is 48.2 Å². The molecule has 0 fully saturated rings. The lowest BCUT2D eigenvalue weighted by Gasteiger charge is -2.15. The van der Waals surface area contributed by atoms with Crippen LogP contribution in [0.3, 0.4) is 0 Å². The average Bonchev–Trinajstić information content (AvgIpc) is 2.95. The number of halogens is 2. The highest BCUT2D eigenvalue weighted by atomic mass is 35.5. The number of carbonyl (C=O) groups excluding carboxylic acids is 2. The first kappa shape index (κ1) is 22.2. The van der Waals surface area contributed by atoms with Gasteiger partial charge >= 0.3 is 0 Å². The van der Waals surface area contributed by atoms with Gasteiger partial charge in [0, 0.05) is 44.1 Å². The molecule has 0 bridgehead atoms. The van der Waals surface area contributed by atoms with Crippen LogP contribution in [0.15, 0.2) is 34.1 Å². The Bertz CT molecular complexity index is 947. The standard InChI is InChI=1S/C22H22Cl2N2O2S2/c1-25-9-7-13-15(23)3-5-19(21(13)17(27)11-25)29-30-20-6-4-16(24)14-8-10-26(2)12-18(28)22(14)20/h3-6H,7-12H2,1-2H3. The Morgan fingerprint density at radius 1 is 0.733 bits per heavy atom. The van der Waals surface area contributed by atoms with Gasteiger partial charge < -0.3 is 0 Å². The average molecular weight is 481 g/mol. The van der Waals surface area contributed by atoms with Gasteiger partial charge in [0.25, 0.3) is 0 Å². The van der Waals surface area contributed by atoms with Crippen molar-refractivity contribution < 1.29 is 9.59 Å². The molecule has 4 rings (SSSR count). The fourth-order valence-corrected chi connectivity index (χ4v) is 6.89. The lowest BCUT2D eigenvalue weighted by Crippen LogP contribution is -2.24. The number of fused-ring (bicyclic) bond motifs is 2. The van der Waals surface area contributed by atoms with Gasteiger partial charge in [-0.05, 0) is 62.3 Å². The summed E-state index contributed by atoms with van der Waals surface area (Å²) in [7, 11) is 6.92. The minimum Gasteiger partial charge on any atom is -0.299 e. The van der Waals surface area contributed by atoms with Crippen LogP contribution < -0.4 is 0 Å². The number of nitrogens with zero attached hydrogens (tertiary/aromatic N) is 2. The first-order chi connectivity index (χ1) is 14.3. The largest absolute Gasteiger partial charge is 0.299 e. The van der Waals surface area contributed by atoms with Crippen molar-refractivity contribution in [2.24, 2.45) is 0 Å². The quantitative estimate of drug-likeness (QED) is 0.566. The Balaban J connectivity index is 1.68. The van der Waals surface area contributed by atoms with Crippen LogP contribution in [0.4, 0.5) is 0 Å². The minimum atomic E-state index is 0.0863. The summed E-state index contributed by atoms with van der Waals surface area (Å²) >= 11 is 12.9. The zero-order valence-electron chi connectivity index (χ0n) is 16.8. The molecule has 158 valence electrons. The van der Waals surface area contributed by atoms with Crippen LogP contribution in [0.5, 0.6) is 0 Å². The third kappa shape index (κ3) is 4.45. The van der Waals surface area contributed by atoms with Gasteiger partial charge in [0.2, 0.25) is 0 Å². The number of carbonyl (C=O) groups is 2. The van der Waals surface area contributed by atoms with E-state index >= 15 is 0 Å². The summed E-state index contributed by atoms with van der Waals surface area (Å²) in [6, 6.07) is 7.55. The van der Waals surface area contributed by atoms with Gasteiger partial charge in [-0.25, -0.2) is 0 Å². The van der Waals surface area contributed by atoms with E-state index in [0.29, 0.717) is 23.1 Å². The van der Waals surface area contributed by atoms with E-state index in [1.165, 1.54) is 21.6 Å². The van der Waals surface area contributed by atoms with E-state index in [4.69, 9.17) is 23.2 Å². The van der Waals surface area contributed by atoms with Crippen molar-refractivity contribution in [2.75, 3.05) is 40.3 Å². The highest BCUT2D eigenvalue weighted by Gasteiger charge is 2.27. The van der Waals surface area contributed by atoms with Crippen LogP contribution in [0, 0.1) is 0 Å². The molecule has 0 N–H and O–H groups in total. The fraction of sp³-hybridized carbons (Fsp3) is 0.364. The molecule has 2 aliphatic rings. The number of likely N-dealkylation sites (N-methyl/N-ethyl adjacent to an activating group) is 2. The summed E-state index contributed by atoms with van der Waals surface area (Å²) in [5.41, 5.74) is 3.28. The Morgan fingerprint density at radius 3 is 1.53 bits per heavy atom. The molecule has 0 atom stereocenters. The molecule has 0 aromatic heterocycles. The van der Waals surface area contributed by atoms with E-state index in [9.17, 15) is 9.59 Å². The van der Waals surface area contributed by atoms with Gasteiger partial charge in [0.1, 0.15) is 0 Å². The minimum absolute atomic E-state index is 0.0863. The van der Waals surface area contributed by atoms with E-state index in [-0.39, 0.29) is 11.6 Å². The van der Waals surface area contributed by atoms with Crippen LogP contribution in [0.25, 0.3) is 0 Å². The third-order valence-corrected chi connectivity index (χ3v) is 8.69. The Labute approximate surface area is 194 Å². The maximum absolute atomic E-state index is 12.9. The SMILES string of the molecule is CN1CCc2c(Cl)ccc(SSc3ccc(Cl)c4c3C(=O)CN(C)CC4)c2C(=O)C1. The number of Topliss-reactive ketones (excluding diaryl/α,β-unsaturated/α-hetero) is 2. The van der Waals surface area contributed by atoms with Crippen LogP contribution in [-0.4, -0.2) is 61.6 Å². The summed E-state index contributed by atoms with van der Waals surface area (Å²) < 4.78 is 0. The Hall–Kier alpha value is -1.02. The molecule has 2 heterocycles. The molecule has 30 heavy (non-hydrogen) atoms. The van der Waals surface area contributed by atoms with Crippen molar-refractivity contribution in [3.8, 4) is 0 Å². The second-order valence-electron chi connectivity index (χ2n) is 7.79. The summed E-state index contributed by atoms with van der Waals surface area (Å²) in [5, 5.41) is 1.28. The monoisotopic (exact) mass is 480 g/mol. The molecule has 4 nitrogen and oxygen atoms in total. The van der Waals surface area contributed by atoms with Crippen LogP contribution in [-0.2, 0) is 12.8 Å². The lowest BCUT2D eigenvalue weighted by atomic mass is 10.0. The van der Waals surface area contributed by atoms with E-state index < -0.39 is 0 Å². The molecule has 0 saturated heterocycles. The van der Waals surface area contributed by atoms with Gasteiger partial charge in [-0.2, -0.15) is 0 Å². The highest BCUT2D eigenvalue weighted by molar-refractivity contribution is 8.76. The second-order valence-corrected chi connectivity index (χ2v) is 10.8. The van der Waals surface area contributed by atoms with Crippen LogP contribution in [0.1, 0.15) is 31.8 Å². The maximum atomic E-state index is 12.9. The number of benzene rings is 2. The number of hydrogen-bond donors (Lipinski definition) is 0. The van der Waals surface area contributed by atoms with E-state index in [1.54, 1.807) is 0 Å². The van der Waals surface area contributed by atoms with Gasteiger partial charge in [-0.1, -0.05) is 44.8 Å². The van der Waals surface area contributed by atoms with E-state index in [0.717, 1.165) is 58.0 Å². The number of rotatable bonds is 3.